The molecule has 0 saturated heterocycles. The molecule has 0 fully saturated rings. The molecule has 0 bridgehead atoms. The summed E-state index contributed by atoms with van der Waals surface area (Å²) in [6.07, 6.45) is 0.803. The first-order valence-corrected chi connectivity index (χ1v) is 7.65. The van der Waals surface area contributed by atoms with E-state index in [0.717, 1.165) is 28.9 Å². The van der Waals surface area contributed by atoms with Crippen molar-refractivity contribution in [1.82, 2.24) is 15.0 Å². The summed E-state index contributed by atoms with van der Waals surface area (Å²) in [6, 6.07) is 11.1. The van der Waals surface area contributed by atoms with Crippen molar-refractivity contribution in [2.45, 2.75) is 13.0 Å². The molecule has 3 rings (SSSR count). The van der Waals surface area contributed by atoms with E-state index in [4.69, 9.17) is 19.9 Å². The molecule has 7 heteroatoms. The van der Waals surface area contributed by atoms with Gasteiger partial charge in [-0.25, -0.2) is 4.68 Å². The molecule has 0 aliphatic carbocycles. The Morgan fingerprint density at radius 2 is 1.75 bits per heavy atom. The van der Waals surface area contributed by atoms with Gasteiger partial charge in [0.2, 0.25) is 0 Å². The van der Waals surface area contributed by atoms with Crippen molar-refractivity contribution >= 4 is 16.7 Å². The molecule has 1 aromatic heterocycles. The maximum absolute atomic E-state index is 5.69. The molecule has 126 valence electrons. The first kappa shape index (κ1) is 15.9. The minimum atomic E-state index is 0.582. The fraction of sp³-hybridized carbons (Fsp3) is 0.294. The van der Waals surface area contributed by atoms with Crippen LogP contribution >= 0.6 is 0 Å². The summed E-state index contributed by atoms with van der Waals surface area (Å²) in [5, 5.41) is 8.36. The number of nitrogens with two attached hydrogens (primary N) is 1. The molecule has 7 nitrogen and oxygen atoms in total. The van der Waals surface area contributed by atoms with E-state index in [2.05, 4.69) is 10.3 Å². The molecular weight excluding hydrogens is 308 g/mol. The number of rotatable bonds is 7. The molecule has 0 unspecified atom stereocenters. The molecular formula is C17H20N4O3. The molecule has 0 saturated carbocycles. The van der Waals surface area contributed by atoms with Crippen LogP contribution in [0.1, 0.15) is 6.42 Å². The highest BCUT2D eigenvalue weighted by Crippen LogP contribution is 2.31. The number of anilines is 1. The van der Waals surface area contributed by atoms with Gasteiger partial charge < -0.3 is 19.9 Å². The number of hydrogen-bond donors (Lipinski definition) is 1. The van der Waals surface area contributed by atoms with Crippen LogP contribution in [0.2, 0.25) is 0 Å². The average Bonchev–Trinajstić information content (AvgIpc) is 3.01. The van der Waals surface area contributed by atoms with Gasteiger partial charge in [-0.2, -0.15) is 0 Å². The molecule has 3 aromatic rings. The molecule has 2 N–H and O–H groups in total. The quantitative estimate of drug-likeness (QED) is 0.530. The van der Waals surface area contributed by atoms with Gasteiger partial charge in [0.25, 0.3) is 0 Å². The van der Waals surface area contributed by atoms with E-state index in [1.807, 2.05) is 41.1 Å². The lowest BCUT2D eigenvalue weighted by molar-refractivity contribution is 0.299. The Labute approximate surface area is 139 Å². The number of methoxy groups -OCH3 is 2. The van der Waals surface area contributed by atoms with Crippen molar-refractivity contribution in [2.24, 2.45) is 0 Å². The molecule has 0 aliphatic heterocycles. The smallest absolute Gasteiger partial charge is 0.163 e. The summed E-state index contributed by atoms with van der Waals surface area (Å²) in [6.45, 7) is 1.28. The standard InChI is InChI=1S/C17H20N4O3/c1-22-16-10-14-15(11-17(16)23-2)21(20-19-14)8-3-9-24-13-6-4-12(18)5-7-13/h4-7,10-11H,3,8-9,18H2,1-2H3. The fourth-order valence-corrected chi connectivity index (χ4v) is 2.43. The van der Waals surface area contributed by atoms with Crippen molar-refractivity contribution in [3.63, 3.8) is 0 Å². The van der Waals surface area contributed by atoms with Crippen LogP contribution in [-0.2, 0) is 6.54 Å². The summed E-state index contributed by atoms with van der Waals surface area (Å²) in [7, 11) is 3.21. The highest BCUT2D eigenvalue weighted by molar-refractivity contribution is 5.79. The number of aryl methyl sites for hydroxylation is 1. The minimum Gasteiger partial charge on any atom is -0.494 e. The molecule has 0 radical (unpaired) electrons. The van der Waals surface area contributed by atoms with E-state index in [1.54, 1.807) is 14.2 Å². The van der Waals surface area contributed by atoms with Gasteiger partial charge >= 0.3 is 0 Å². The van der Waals surface area contributed by atoms with Crippen molar-refractivity contribution in [1.29, 1.82) is 0 Å². The van der Waals surface area contributed by atoms with Gasteiger partial charge in [0.05, 0.1) is 26.3 Å². The summed E-state index contributed by atoms with van der Waals surface area (Å²) in [5.74, 6) is 2.11. The Kier molecular flexibility index (Phi) is 4.69. The second-order valence-electron chi connectivity index (χ2n) is 5.28. The Bertz CT molecular complexity index is 815. The zero-order valence-electron chi connectivity index (χ0n) is 13.7. The molecule has 24 heavy (non-hydrogen) atoms. The van der Waals surface area contributed by atoms with E-state index >= 15 is 0 Å². The summed E-state index contributed by atoms with van der Waals surface area (Å²) >= 11 is 0. The van der Waals surface area contributed by atoms with Gasteiger partial charge in [0.15, 0.2) is 11.5 Å². The predicted octanol–water partition coefficient (Wildman–Crippen LogP) is 2.50. The van der Waals surface area contributed by atoms with E-state index in [0.29, 0.717) is 24.7 Å². The Morgan fingerprint density at radius 1 is 1.04 bits per heavy atom. The van der Waals surface area contributed by atoms with Gasteiger partial charge in [-0.3, -0.25) is 0 Å². The maximum atomic E-state index is 5.69. The molecule has 0 amide bonds. The summed E-state index contributed by atoms with van der Waals surface area (Å²) in [4.78, 5) is 0. The normalized spacial score (nSPS) is 10.8. The molecule has 2 aromatic carbocycles. The van der Waals surface area contributed by atoms with Crippen LogP contribution in [-0.4, -0.2) is 35.8 Å². The Balaban J connectivity index is 1.63. The lowest BCUT2D eigenvalue weighted by Crippen LogP contribution is -2.06. The largest absolute Gasteiger partial charge is 0.494 e. The number of nitrogen functional groups attached to an aromatic ring is 1. The van der Waals surface area contributed by atoms with Gasteiger partial charge in [-0.05, 0) is 24.3 Å². The van der Waals surface area contributed by atoms with Crippen molar-refractivity contribution < 1.29 is 14.2 Å². The molecule has 0 atom stereocenters. The van der Waals surface area contributed by atoms with Gasteiger partial charge in [0, 0.05) is 30.8 Å². The van der Waals surface area contributed by atoms with Gasteiger partial charge in [-0.1, -0.05) is 5.21 Å². The van der Waals surface area contributed by atoms with E-state index in [1.165, 1.54) is 0 Å². The number of aromatic nitrogens is 3. The highest BCUT2D eigenvalue weighted by Gasteiger charge is 2.11. The highest BCUT2D eigenvalue weighted by atomic mass is 16.5. The third-order valence-electron chi connectivity index (χ3n) is 3.68. The van der Waals surface area contributed by atoms with Crippen LogP contribution in [0.3, 0.4) is 0 Å². The SMILES string of the molecule is COc1cc2nnn(CCCOc3ccc(N)cc3)c2cc1OC. The monoisotopic (exact) mass is 328 g/mol. The molecule has 0 aliphatic rings. The molecule has 0 spiro atoms. The van der Waals surface area contributed by atoms with Crippen molar-refractivity contribution in [2.75, 3.05) is 26.6 Å². The van der Waals surface area contributed by atoms with Crippen LogP contribution in [0, 0.1) is 0 Å². The minimum absolute atomic E-state index is 0.582. The van der Waals surface area contributed by atoms with Gasteiger partial charge in [-0.15, -0.1) is 5.10 Å². The lowest BCUT2D eigenvalue weighted by Gasteiger charge is -2.09. The number of fused-ring (bicyclic) bond motifs is 1. The Hall–Kier alpha value is -2.96. The van der Waals surface area contributed by atoms with Crippen molar-refractivity contribution in [3.05, 3.63) is 36.4 Å². The number of benzene rings is 2. The van der Waals surface area contributed by atoms with Crippen LogP contribution < -0.4 is 19.9 Å². The zero-order valence-corrected chi connectivity index (χ0v) is 13.7. The van der Waals surface area contributed by atoms with Crippen molar-refractivity contribution in [3.8, 4) is 17.2 Å². The van der Waals surface area contributed by atoms with E-state index in [9.17, 15) is 0 Å². The number of nitrogens with zero attached hydrogens (tertiary/aromatic N) is 3. The van der Waals surface area contributed by atoms with Gasteiger partial charge in [0.1, 0.15) is 11.3 Å². The van der Waals surface area contributed by atoms with Crippen LogP contribution in [0.4, 0.5) is 5.69 Å². The first-order chi connectivity index (χ1) is 11.7. The third kappa shape index (κ3) is 3.34. The molecule has 1 heterocycles. The second kappa shape index (κ2) is 7.08. The third-order valence-corrected chi connectivity index (χ3v) is 3.68. The first-order valence-electron chi connectivity index (χ1n) is 7.65. The lowest BCUT2D eigenvalue weighted by atomic mass is 10.2. The average molecular weight is 328 g/mol. The maximum Gasteiger partial charge on any atom is 0.163 e. The number of hydrogen-bond acceptors (Lipinski definition) is 6. The number of ether oxygens (including phenoxy) is 3. The topological polar surface area (TPSA) is 84.4 Å². The van der Waals surface area contributed by atoms with Crippen LogP contribution in [0.15, 0.2) is 36.4 Å². The summed E-state index contributed by atoms with van der Waals surface area (Å²) < 4.78 is 18.1. The Morgan fingerprint density at radius 3 is 2.46 bits per heavy atom. The predicted molar refractivity (Wildman–Crippen MR) is 91.6 cm³/mol. The van der Waals surface area contributed by atoms with E-state index < -0.39 is 0 Å². The van der Waals surface area contributed by atoms with Crippen LogP contribution in [0.25, 0.3) is 11.0 Å². The van der Waals surface area contributed by atoms with E-state index in [-0.39, 0.29) is 0 Å². The zero-order chi connectivity index (χ0) is 16.9. The fourth-order valence-electron chi connectivity index (χ4n) is 2.43. The second-order valence-corrected chi connectivity index (χ2v) is 5.28. The van der Waals surface area contributed by atoms with Crippen LogP contribution in [0.5, 0.6) is 17.2 Å². The summed E-state index contributed by atoms with van der Waals surface area (Å²) in [5.41, 5.74) is 8.05.